The van der Waals surface area contributed by atoms with Crippen molar-refractivity contribution >= 4 is 17.3 Å². The van der Waals surface area contributed by atoms with E-state index in [0.29, 0.717) is 37.0 Å². The molecule has 2 aromatic rings. The van der Waals surface area contributed by atoms with E-state index in [1.54, 1.807) is 0 Å². The molecule has 1 aromatic carbocycles. The van der Waals surface area contributed by atoms with Crippen molar-refractivity contribution in [2.75, 3.05) is 26.2 Å². The summed E-state index contributed by atoms with van der Waals surface area (Å²) in [6.45, 7) is 10.9. The standard InChI is InChI=1S/C21H30F3N5S/c1-4-25-20(26-11-10-19-28-18(15-30-19)21(22,23)24)27-13-16-8-7-9-17(12-16)14-29(5-2)6-3/h7-9,12,15H,4-6,10-11,13-14H2,1-3H3,(H2,25,26,27). The molecule has 30 heavy (non-hydrogen) atoms. The van der Waals surface area contributed by atoms with Crippen LogP contribution < -0.4 is 10.6 Å². The summed E-state index contributed by atoms with van der Waals surface area (Å²) in [6, 6.07) is 8.38. The van der Waals surface area contributed by atoms with Crippen molar-refractivity contribution in [1.82, 2.24) is 20.5 Å². The van der Waals surface area contributed by atoms with Crippen LogP contribution in [0.3, 0.4) is 0 Å². The van der Waals surface area contributed by atoms with Crippen LogP contribution >= 0.6 is 11.3 Å². The van der Waals surface area contributed by atoms with E-state index < -0.39 is 11.9 Å². The van der Waals surface area contributed by atoms with E-state index in [1.807, 2.05) is 19.1 Å². The molecule has 0 unspecified atom stereocenters. The topological polar surface area (TPSA) is 52.6 Å². The van der Waals surface area contributed by atoms with Gasteiger partial charge < -0.3 is 10.6 Å². The Balaban J connectivity index is 1.92. The van der Waals surface area contributed by atoms with E-state index in [0.717, 1.165) is 41.9 Å². The van der Waals surface area contributed by atoms with Crippen LogP contribution in [0.5, 0.6) is 0 Å². The van der Waals surface area contributed by atoms with Gasteiger partial charge in [0.25, 0.3) is 0 Å². The Morgan fingerprint density at radius 3 is 2.50 bits per heavy atom. The number of rotatable bonds is 10. The van der Waals surface area contributed by atoms with Crippen molar-refractivity contribution in [3.05, 3.63) is 51.5 Å². The lowest BCUT2D eigenvalue weighted by Gasteiger charge is -2.18. The molecule has 0 saturated carbocycles. The smallest absolute Gasteiger partial charge is 0.357 e. The molecule has 2 N–H and O–H groups in total. The van der Waals surface area contributed by atoms with Crippen molar-refractivity contribution < 1.29 is 13.2 Å². The summed E-state index contributed by atoms with van der Waals surface area (Å²) in [6.07, 6.45) is -3.98. The lowest BCUT2D eigenvalue weighted by Crippen LogP contribution is -2.38. The lowest BCUT2D eigenvalue weighted by molar-refractivity contribution is -0.140. The number of nitrogens with zero attached hydrogens (tertiary/aromatic N) is 3. The van der Waals surface area contributed by atoms with Gasteiger partial charge in [-0.2, -0.15) is 13.2 Å². The molecule has 1 heterocycles. The number of hydrogen-bond acceptors (Lipinski definition) is 4. The van der Waals surface area contributed by atoms with Crippen LogP contribution in [0, 0.1) is 0 Å². The number of benzene rings is 1. The van der Waals surface area contributed by atoms with Crippen molar-refractivity contribution in [2.24, 2.45) is 4.99 Å². The summed E-state index contributed by atoms with van der Waals surface area (Å²) in [5, 5.41) is 7.84. The van der Waals surface area contributed by atoms with Crippen molar-refractivity contribution in [1.29, 1.82) is 0 Å². The molecule has 0 amide bonds. The zero-order chi connectivity index (χ0) is 22.0. The highest BCUT2D eigenvalue weighted by Crippen LogP contribution is 2.30. The van der Waals surface area contributed by atoms with Crippen LogP contribution in [0.25, 0.3) is 0 Å². The molecular formula is C21H30F3N5S. The Morgan fingerprint density at radius 2 is 1.87 bits per heavy atom. The van der Waals surface area contributed by atoms with Crippen LogP contribution in [-0.2, 0) is 25.7 Å². The van der Waals surface area contributed by atoms with Crippen molar-refractivity contribution in [2.45, 2.75) is 46.5 Å². The molecule has 0 atom stereocenters. The minimum absolute atomic E-state index is 0.407. The number of halogens is 3. The molecule has 166 valence electrons. The fourth-order valence-electron chi connectivity index (χ4n) is 2.89. The second-order valence-electron chi connectivity index (χ2n) is 6.78. The van der Waals surface area contributed by atoms with Crippen LogP contribution in [0.1, 0.15) is 42.6 Å². The molecule has 0 spiro atoms. The number of nitrogens with one attached hydrogen (secondary N) is 2. The molecule has 1 aromatic heterocycles. The highest BCUT2D eigenvalue weighted by atomic mass is 32.1. The lowest BCUT2D eigenvalue weighted by atomic mass is 10.1. The Bertz CT molecular complexity index is 800. The first-order valence-corrected chi connectivity index (χ1v) is 11.1. The second-order valence-corrected chi connectivity index (χ2v) is 7.72. The molecule has 0 radical (unpaired) electrons. The average Bonchev–Trinajstić information content (AvgIpc) is 3.20. The van der Waals surface area contributed by atoms with E-state index in [4.69, 9.17) is 0 Å². The number of aromatic nitrogens is 1. The summed E-state index contributed by atoms with van der Waals surface area (Å²) < 4.78 is 37.9. The van der Waals surface area contributed by atoms with E-state index in [1.165, 1.54) is 5.56 Å². The molecular weight excluding hydrogens is 411 g/mol. The average molecular weight is 442 g/mol. The highest BCUT2D eigenvalue weighted by molar-refractivity contribution is 7.09. The van der Waals surface area contributed by atoms with Gasteiger partial charge in [-0.3, -0.25) is 4.90 Å². The Hall–Kier alpha value is -2.13. The van der Waals surface area contributed by atoms with E-state index >= 15 is 0 Å². The van der Waals surface area contributed by atoms with Gasteiger partial charge in [0.2, 0.25) is 0 Å². The minimum atomic E-state index is -4.39. The van der Waals surface area contributed by atoms with Gasteiger partial charge in [0.1, 0.15) is 0 Å². The first kappa shape index (κ1) is 24.1. The van der Waals surface area contributed by atoms with Gasteiger partial charge in [0.05, 0.1) is 11.6 Å². The van der Waals surface area contributed by atoms with Crippen molar-refractivity contribution in [3.8, 4) is 0 Å². The monoisotopic (exact) mass is 441 g/mol. The molecule has 0 fully saturated rings. The maximum absolute atomic E-state index is 12.6. The zero-order valence-corrected chi connectivity index (χ0v) is 18.5. The highest BCUT2D eigenvalue weighted by Gasteiger charge is 2.33. The van der Waals surface area contributed by atoms with Gasteiger partial charge in [0, 0.05) is 31.4 Å². The Kier molecular flexibility index (Phi) is 9.58. The van der Waals surface area contributed by atoms with Crippen LogP contribution in [0.2, 0.25) is 0 Å². The van der Waals surface area contributed by atoms with Crippen molar-refractivity contribution in [3.63, 3.8) is 0 Å². The number of guanidine groups is 1. The molecule has 0 aliphatic carbocycles. The summed E-state index contributed by atoms with van der Waals surface area (Å²) in [7, 11) is 0. The first-order chi connectivity index (χ1) is 14.4. The minimum Gasteiger partial charge on any atom is -0.357 e. The van der Waals surface area contributed by atoms with Crippen LogP contribution in [-0.4, -0.2) is 42.0 Å². The van der Waals surface area contributed by atoms with E-state index in [-0.39, 0.29) is 0 Å². The Labute approximate surface area is 180 Å². The summed E-state index contributed by atoms with van der Waals surface area (Å²) in [5.41, 5.74) is 1.55. The number of hydrogen-bond donors (Lipinski definition) is 2. The van der Waals surface area contributed by atoms with Gasteiger partial charge >= 0.3 is 6.18 Å². The molecule has 2 rings (SSSR count). The fraction of sp³-hybridized carbons (Fsp3) is 0.524. The maximum atomic E-state index is 12.6. The molecule has 0 bridgehead atoms. The van der Waals surface area contributed by atoms with Gasteiger partial charge in [-0.15, -0.1) is 11.3 Å². The third kappa shape index (κ3) is 7.95. The third-order valence-corrected chi connectivity index (χ3v) is 5.44. The summed E-state index contributed by atoms with van der Waals surface area (Å²) >= 11 is 1.03. The number of alkyl halides is 3. The molecule has 9 heteroatoms. The van der Waals surface area contributed by atoms with Crippen LogP contribution in [0.4, 0.5) is 13.2 Å². The summed E-state index contributed by atoms with van der Waals surface area (Å²) in [4.78, 5) is 10.6. The zero-order valence-electron chi connectivity index (χ0n) is 17.7. The van der Waals surface area contributed by atoms with E-state index in [9.17, 15) is 13.2 Å². The third-order valence-electron chi connectivity index (χ3n) is 4.53. The normalized spacial score (nSPS) is 12.4. The Morgan fingerprint density at radius 1 is 1.13 bits per heavy atom. The fourth-order valence-corrected chi connectivity index (χ4v) is 3.69. The second kappa shape index (κ2) is 11.9. The van der Waals surface area contributed by atoms with Crippen LogP contribution in [0.15, 0.2) is 34.6 Å². The number of aliphatic imine (C=N–C) groups is 1. The number of thiazole rings is 1. The first-order valence-electron chi connectivity index (χ1n) is 10.2. The van der Waals surface area contributed by atoms with Gasteiger partial charge in [-0.25, -0.2) is 9.98 Å². The quantitative estimate of drug-likeness (QED) is 0.426. The molecule has 0 aliphatic heterocycles. The van der Waals surface area contributed by atoms with Gasteiger partial charge in [-0.1, -0.05) is 38.1 Å². The SMILES string of the molecule is CCNC(=NCc1cccc(CN(CC)CC)c1)NCCc1nc(C(F)(F)F)cs1. The summed E-state index contributed by atoms with van der Waals surface area (Å²) in [5.74, 6) is 0.638. The largest absolute Gasteiger partial charge is 0.434 e. The van der Waals surface area contributed by atoms with Gasteiger partial charge in [-0.05, 0) is 31.1 Å². The van der Waals surface area contributed by atoms with Gasteiger partial charge in [0.15, 0.2) is 11.7 Å². The predicted molar refractivity (Wildman–Crippen MR) is 117 cm³/mol. The molecule has 0 saturated heterocycles. The van der Waals surface area contributed by atoms with E-state index in [2.05, 4.69) is 51.5 Å². The predicted octanol–water partition coefficient (Wildman–Crippen LogP) is 4.30. The molecule has 5 nitrogen and oxygen atoms in total. The maximum Gasteiger partial charge on any atom is 0.434 e. The molecule has 0 aliphatic rings.